The van der Waals surface area contributed by atoms with Crippen LogP contribution in [-0.4, -0.2) is 62.2 Å². The molecule has 1 aliphatic rings. The van der Waals surface area contributed by atoms with E-state index in [0.29, 0.717) is 31.9 Å². The van der Waals surface area contributed by atoms with Crippen molar-refractivity contribution in [2.75, 3.05) is 50.5 Å². The van der Waals surface area contributed by atoms with Crippen LogP contribution in [0.5, 0.6) is 0 Å². The Bertz CT molecular complexity index is 990. The van der Waals surface area contributed by atoms with E-state index in [9.17, 15) is 18.5 Å². The lowest BCUT2D eigenvalue weighted by atomic mass is 10.1. The molecule has 9 nitrogen and oxygen atoms in total. The van der Waals surface area contributed by atoms with Crippen molar-refractivity contribution in [2.45, 2.75) is 13.0 Å². The number of piperazine rings is 1. The van der Waals surface area contributed by atoms with E-state index < -0.39 is 15.1 Å². The summed E-state index contributed by atoms with van der Waals surface area (Å²) in [5.41, 5.74) is 2.30. The fourth-order valence-electron chi connectivity index (χ4n) is 3.46. The third-order valence-corrected chi connectivity index (χ3v) is 7.18. The van der Waals surface area contributed by atoms with Gasteiger partial charge >= 0.3 is 0 Å². The number of benzene rings is 2. The summed E-state index contributed by atoms with van der Waals surface area (Å²) in [7, 11) is -0.404. The van der Waals surface area contributed by atoms with Gasteiger partial charge in [-0.15, -0.1) is 0 Å². The lowest BCUT2D eigenvalue weighted by Gasteiger charge is -2.36. The Hall–Kier alpha value is -2.69. The Morgan fingerprint density at radius 3 is 2.27 bits per heavy atom. The molecule has 1 fully saturated rings. The average molecular weight is 434 g/mol. The van der Waals surface area contributed by atoms with Gasteiger partial charge < -0.3 is 10.2 Å². The van der Waals surface area contributed by atoms with Crippen molar-refractivity contribution < 1.29 is 13.3 Å². The van der Waals surface area contributed by atoms with Crippen molar-refractivity contribution in [1.82, 2.24) is 8.61 Å². The smallest absolute Gasteiger partial charge is 0.292 e. The van der Waals surface area contributed by atoms with Crippen LogP contribution < -0.4 is 10.2 Å². The fraction of sp³-hybridized carbons (Fsp3) is 0.400. The van der Waals surface area contributed by atoms with Gasteiger partial charge in [-0.2, -0.15) is 17.0 Å². The predicted molar refractivity (Wildman–Crippen MR) is 118 cm³/mol. The van der Waals surface area contributed by atoms with Crippen molar-refractivity contribution in [1.29, 1.82) is 0 Å². The van der Waals surface area contributed by atoms with Gasteiger partial charge in [-0.25, -0.2) is 0 Å². The molecule has 0 aromatic heterocycles. The molecule has 162 valence electrons. The molecule has 0 aliphatic carbocycles. The van der Waals surface area contributed by atoms with Crippen LogP contribution in [-0.2, 0) is 10.2 Å². The highest BCUT2D eigenvalue weighted by Gasteiger charge is 2.29. The van der Waals surface area contributed by atoms with Crippen molar-refractivity contribution >= 4 is 27.3 Å². The van der Waals surface area contributed by atoms with Crippen molar-refractivity contribution in [2.24, 2.45) is 0 Å². The first kappa shape index (κ1) is 22.0. The highest BCUT2D eigenvalue weighted by atomic mass is 32.2. The van der Waals surface area contributed by atoms with E-state index in [2.05, 4.69) is 5.32 Å². The van der Waals surface area contributed by atoms with Gasteiger partial charge in [-0.1, -0.05) is 30.3 Å². The molecular weight excluding hydrogens is 406 g/mol. The van der Waals surface area contributed by atoms with Gasteiger partial charge in [0.05, 0.1) is 4.92 Å². The van der Waals surface area contributed by atoms with Gasteiger partial charge in [-0.05, 0) is 24.6 Å². The number of hydrogen-bond acceptors (Lipinski definition) is 6. The first-order chi connectivity index (χ1) is 14.2. The lowest BCUT2D eigenvalue weighted by Crippen LogP contribution is -2.51. The molecule has 0 unspecified atom stereocenters. The molecule has 1 heterocycles. The summed E-state index contributed by atoms with van der Waals surface area (Å²) in [6, 6.07) is 14.6. The summed E-state index contributed by atoms with van der Waals surface area (Å²) in [5.74, 6) is 0. The van der Waals surface area contributed by atoms with Crippen LogP contribution in [0.4, 0.5) is 17.1 Å². The third kappa shape index (κ3) is 4.72. The van der Waals surface area contributed by atoms with Crippen LogP contribution in [0.25, 0.3) is 0 Å². The first-order valence-corrected chi connectivity index (χ1v) is 11.1. The van der Waals surface area contributed by atoms with Gasteiger partial charge in [0.25, 0.3) is 15.9 Å². The second kappa shape index (κ2) is 8.99. The number of anilines is 2. The lowest BCUT2D eigenvalue weighted by molar-refractivity contribution is -0.384. The molecule has 2 aromatic carbocycles. The molecule has 30 heavy (non-hydrogen) atoms. The SMILES string of the molecule is C[C@H](Nc1cc(N2CCN(S(=O)(=O)N(C)C)CC2)ccc1[N+](=O)[O-])c1ccccc1. The van der Waals surface area contributed by atoms with Crippen LogP contribution in [0.2, 0.25) is 0 Å². The largest absolute Gasteiger partial charge is 0.373 e. The molecule has 1 saturated heterocycles. The number of rotatable bonds is 7. The van der Waals surface area contributed by atoms with E-state index in [1.54, 1.807) is 12.1 Å². The molecule has 2 aromatic rings. The van der Waals surface area contributed by atoms with Crippen molar-refractivity contribution in [3.63, 3.8) is 0 Å². The van der Waals surface area contributed by atoms with E-state index in [4.69, 9.17) is 0 Å². The van der Waals surface area contributed by atoms with E-state index in [-0.39, 0.29) is 11.7 Å². The first-order valence-electron chi connectivity index (χ1n) is 9.72. The molecule has 0 saturated carbocycles. The van der Waals surface area contributed by atoms with E-state index >= 15 is 0 Å². The molecule has 10 heteroatoms. The predicted octanol–water partition coefficient (Wildman–Crippen LogP) is 2.70. The van der Waals surface area contributed by atoms with Gasteiger partial charge in [-0.3, -0.25) is 10.1 Å². The number of nitrogens with one attached hydrogen (secondary N) is 1. The summed E-state index contributed by atoms with van der Waals surface area (Å²) < 4.78 is 27.3. The monoisotopic (exact) mass is 433 g/mol. The van der Waals surface area contributed by atoms with Crippen molar-refractivity contribution in [3.05, 3.63) is 64.2 Å². The molecule has 1 N–H and O–H groups in total. The zero-order valence-corrected chi connectivity index (χ0v) is 18.2. The number of nitro groups is 1. The van der Waals surface area contributed by atoms with Crippen molar-refractivity contribution in [3.8, 4) is 0 Å². The summed E-state index contributed by atoms with van der Waals surface area (Å²) in [5, 5.41) is 14.8. The normalized spacial score (nSPS) is 16.5. The fourth-order valence-corrected chi connectivity index (χ4v) is 4.55. The molecule has 0 bridgehead atoms. The standard InChI is InChI=1S/C20H27N5O4S/c1-16(17-7-5-4-6-8-17)21-19-15-18(9-10-20(19)25(26)27)23-11-13-24(14-12-23)30(28,29)22(2)3/h4-10,15-16,21H,11-14H2,1-3H3/t16-/m0/s1. The molecular formula is C20H27N5O4S. The maximum absolute atomic E-state index is 12.3. The molecule has 0 spiro atoms. The maximum atomic E-state index is 12.3. The third-order valence-electron chi connectivity index (χ3n) is 5.24. The Morgan fingerprint density at radius 2 is 1.70 bits per heavy atom. The quantitative estimate of drug-likeness (QED) is 0.532. The summed E-state index contributed by atoms with van der Waals surface area (Å²) >= 11 is 0. The minimum Gasteiger partial charge on any atom is -0.373 e. The highest BCUT2D eigenvalue weighted by molar-refractivity contribution is 7.86. The maximum Gasteiger partial charge on any atom is 0.292 e. The van der Waals surface area contributed by atoms with Crippen LogP contribution in [0, 0.1) is 10.1 Å². The minimum atomic E-state index is -3.44. The van der Waals surface area contributed by atoms with Crippen LogP contribution in [0.1, 0.15) is 18.5 Å². The van der Waals surface area contributed by atoms with Gasteiger partial charge in [0.2, 0.25) is 0 Å². The van der Waals surface area contributed by atoms with Gasteiger partial charge in [0, 0.05) is 58.1 Å². The number of nitro benzene ring substituents is 1. The molecule has 1 aliphatic heterocycles. The zero-order valence-electron chi connectivity index (χ0n) is 17.4. The molecule has 0 radical (unpaired) electrons. The zero-order chi connectivity index (χ0) is 21.9. The Kier molecular flexibility index (Phi) is 6.59. The topological polar surface area (TPSA) is 99.0 Å². The number of nitrogens with zero attached hydrogens (tertiary/aromatic N) is 4. The van der Waals surface area contributed by atoms with Crippen LogP contribution in [0.15, 0.2) is 48.5 Å². The second-order valence-corrected chi connectivity index (χ2v) is 9.55. The Balaban J connectivity index is 1.79. The van der Waals surface area contributed by atoms with Crippen LogP contribution >= 0.6 is 0 Å². The number of hydrogen-bond donors (Lipinski definition) is 1. The minimum absolute atomic E-state index is 0.00959. The second-order valence-electron chi connectivity index (χ2n) is 7.41. The summed E-state index contributed by atoms with van der Waals surface area (Å²) in [6.45, 7) is 3.70. The van der Waals surface area contributed by atoms with Crippen LogP contribution in [0.3, 0.4) is 0 Å². The molecule has 0 amide bonds. The Labute approximate surface area is 177 Å². The van der Waals surface area contributed by atoms with E-state index in [1.807, 2.05) is 42.2 Å². The van der Waals surface area contributed by atoms with E-state index in [0.717, 1.165) is 11.3 Å². The molecule has 3 rings (SSSR count). The van der Waals surface area contributed by atoms with E-state index in [1.165, 1.54) is 28.8 Å². The molecule has 1 atom stereocenters. The highest BCUT2D eigenvalue weighted by Crippen LogP contribution is 2.33. The average Bonchev–Trinajstić information content (AvgIpc) is 2.74. The van der Waals surface area contributed by atoms with Gasteiger partial charge in [0.15, 0.2) is 0 Å². The summed E-state index contributed by atoms with van der Waals surface area (Å²) in [6.07, 6.45) is 0. The summed E-state index contributed by atoms with van der Waals surface area (Å²) in [4.78, 5) is 13.2. The Morgan fingerprint density at radius 1 is 1.07 bits per heavy atom. The van der Waals surface area contributed by atoms with Gasteiger partial charge in [0.1, 0.15) is 5.69 Å².